The molecule has 0 saturated heterocycles. The summed E-state index contributed by atoms with van der Waals surface area (Å²) in [5.74, 6) is 0.0505. The van der Waals surface area contributed by atoms with E-state index in [0.717, 1.165) is 11.3 Å². The zero-order valence-electron chi connectivity index (χ0n) is 12.0. The van der Waals surface area contributed by atoms with Gasteiger partial charge in [0.2, 0.25) is 0 Å². The smallest absolute Gasteiger partial charge is 0.254 e. The van der Waals surface area contributed by atoms with Crippen LogP contribution in [0.4, 0.5) is 0 Å². The maximum atomic E-state index is 12.4. The summed E-state index contributed by atoms with van der Waals surface area (Å²) in [5.41, 5.74) is 2.75. The largest absolute Gasteiger partial charge is 0.335 e. The molecular formula is C17H20N2O. The number of amides is 1. The lowest BCUT2D eigenvalue weighted by Crippen LogP contribution is -2.32. The molecule has 3 heteroatoms. The van der Waals surface area contributed by atoms with Crippen molar-refractivity contribution >= 4 is 5.91 Å². The summed E-state index contributed by atoms with van der Waals surface area (Å²) in [6, 6.07) is 11.6. The Kier molecular flexibility index (Phi) is 4.41. The van der Waals surface area contributed by atoms with E-state index in [1.165, 1.54) is 0 Å². The van der Waals surface area contributed by atoms with E-state index in [0.29, 0.717) is 18.7 Å². The van der Waals surface area contributed by atoms with Crippen LogP contribution in [-0.4, -0.2) is 28.5 Å². The van der Waals surface area contributed by atoms with Gasteiger partial charge in [-0.2, -0.15) is 0 Å². The number of nitrogens with zero attached hydrogens (tertiary/aromatic N) is 2. The van der Waals surface area contributed by atoms with Crippen molar-refractivity contribution in [2.24, 2.45) is 0 Å². The van der Waals surface area contributed by atoms with E-state index in [1.807, 2.05) is 67.2 Å². The summed E-state index contributed by atoms with van der Waals surface area (Å²) in [6.45, 7) is 9.08. The quantitative estimate of drug-likeness (QED) is 0.762. The maximum Gasteiger partial charge on any atom is 0.254 e. The fraction of sp³-hybridized carbons (Fsp3) is 0.235. The summed E-state index contributed by atoms with van der Waals surface area (Å²) < 4.78 is 2.01. The minimum absolute atomic E-state index is 0.0505. The Labute approximate surface area is 120 Å². The number of aromatic nitrogens is 1. The molecule has 0 atom stereocenters. The summed E-state index contributed by atoms with van der Waals surface area (Å²) >= 11 is 0. The highest BCUT2D eigenvalue weighted by Gasteiger charge is 2.13. The SMILES string of the molecule is C=C(C)CN(CC)C(=O)c1ccc(-n2cccc2)cc1. The molecule has 0 radical (unpaired) electrons. The third-order valence-corrected chi connectivity index (χ3v) is 3.15. The summed E-state index contributed by atoms with van der Waals surface area (Å²) in [6.07, 6.45) is 3.96. The number of carbonyl (C=O) groups is 1. The number of hydrogen-bond donors (Lipinski definition) is 0. The molecule has 0 aliphatic carbocycles. The second-order valence-corrected chi connectivity index (χ2v) is 4.91. The molecule has 2 aromatic rings. The third kappa shape index (κ3) is 3.18. The van der Waals surface area contributed by atoms with E-state index in [9.17, 15) is 4.79 Å². The Morgan fingerprint density at radius 1 is 1.20 bits per heavy atom. The first-order chi connectivity index (χ1) is 9.61. The molecule has 1 aromatic heterocycles. The standard InChI is InChI=1S/C17H20N2O/c1-4-18(13-14(2)3)17(20)15-7-9-16(10-8-15)19-11-5-6-12-19/h5-12H,2,4,13H2,1,3H3. The second-order valence-electron chi connectivity index (χ2n) is 4.91. The van der Waals surface area contributed by atoms with Crippen molar-refractivity contribution in [3.05, 3.63) is 66.5 Å². The monoisotopic (exact) mass is 268 g/mol. The zero-order valence-corrected chi connectivity index (χ0v) is 12.0. The van der Waals surface area contributed by atoms with Gasteiger partial charge in [-0.1, -0.05) is 12.2 Å². The Morgan fingerprint density at radius 2 is 1.80 bits per heavy atom. The molecule has 0 unspecified atom stereocenters. The average Bonchev–Trinajstić information content (AvgIpc) is 2.98. The number of carbonyl (C=O) groups excluding carboxylic acids is 1. The average molecular weight is 268 g/mol. The molecule has 1 amide bonds. The molecule has 3 nitrogen and oxygen atoms in total. The number of hydrogen-bond acceptors (Lipinski definition) is 1. The van der Waals surface area contributed by atoms with Crippen molar-refractivity contribution in [2.45, 2.75) is 13.8 Å². The maximum absolute atomic E-state index is 12.4. The summed E-state index contributed by atoms with van der Waals surface area (Å²) in [5, 5.41) is 0. The molecule has 2 rings (SSSR count). The highest BCUT2D eigenvalue weighted by Crippen LogP contribution is 2.12. The van der Waals surface area contributed by atoms with Gasteiger partial charge < -0.3 is 9.47 Å². The van der Waals surface area contributed by atoms with Crippen molar-refractivity contribution in [2.75, 3.05) is 13.1 Å². The van der Waals surface area contributed by atoms with Crippen molar-refractivity contribution in [1.82, 2.24) is 9.47 Å². The normalized spacial score (nSPS) is 10.3. The van der Waals surface area contributed by atoms with Crippen LogP contribution in [0.2, 0.25) is 0 Å². The van der Waals surface area contributed by atoms with Crippen LogP contribution in [-0.2, 0) is 0 Å². The Balaban J connectivity index is 2.16. The van der Waals surface area contributed by atoms with Gasteiger partial charge in [0.15, 0.2) is 0 Å². The second kappa shape index (κ2) is 6.24. The van der Waals surface area contributed by atoms with Gasteiger partial charge in [-0.05, 0) is 50.2 Å². The summed E-state index contributed by atoms with van der Waals surface area (Å²) in [4.78, 5) is 14.2. The summed E-state index contributed by atoms with van der Waals surface area (Å²) in [7, 11) is 0. The minimum atomic E-state index is 0.0505. The number of likely N-dealkylation sites (N-methyl/N-ethyl adjacent to an activating group) is 1. The van der Waals surface area contributed by atoms with Crippen LogP contribution < -0.4 is 0 Å². The van der Waals surface area contributed by atoms with Gasteiger partial charge in [-0.15, -0.1) is 0 Å². The first-order valence-electron chi connectivity index (χ1n) is 6.79. The predicted octanol–water partition coefficient (Wildman–Crippen LogP) is 3.52. The minimum Gasteiger partial charge on any atom is -0.335 e. The lowest BCUT2D eigenvalue weighted by molar-refractivity contribution is 0.0778. The highest BCUT2D eigenvalue weighted by atomic mass is 16.2. The van der Waals surface area contributed by atoms with Gasteiger partial charge in [-0.3, -0.25) is 4.79 Å². The topological polar surface area (TPSA) is 25.2 Å². The van der Waals surface area contributed by atoms with Gasteiger partial charge in [-0.25, -0.2) is 0 Å². The lowest BCUT2D eigenvalue weighted by atomic mass is 10.1. The van der Waals surface area contributed by atoms with Gasteiger partial charge in [0.1, 0.15) is 0 Å². The van der Waals surface area contributed by atoms with Gasteiger partial charge in [0.25, 0.3) is 5.91 Å². The predicted molar refractivity (Wildman–Crippen MR) is 82.2 cm³/mol. The molecule has 0 saturated carbocycles. The molecule has 0 aliphatic rings. The van der Waals surface area contributed by atoms with E-state index in [2.05, 4.69) is 6.58 Å². The Bertz CT molecular complexity index is 582. The van der Waals surface area contributed by atoms with Crippen molar-refractivity contribution in [1.29, 1.82) is 0 Å². The third-order valence-electron chi connectivity index (χ3n) is 3.15. The van der Waals surface area contributed by atoms with E-state index in [4.69, 9.17) is 0 Å². The van der Waals surface area contributed by atoms with Crippen LogP contribution in [0.1, 0.15) is 24.2 Å². The van der Waals surface area contributed by atoms with E-state index in [1.54, 1.807) is 4.90 Å². The van der Waals surface area contributed by atoms with Gasteiger partial charge in [0.05, 0.1) is 0 Å². The Morgan fingerprint density at radius 3 is 2.30 bits per heavy atom. The molecule has 1 heterocycles. The number of rotatable bonds is 5. The van der Waals surface area contributed by atoms with Crippen LogP contribution in [0.3, 0.4) is 0 Å². The van der Waals surface area contributed by atoms with E-state index >= 15 is 0 Å². The number of benzene rings is 1. The zero-order chi connectivity index (χ0) is 14.5. The van der Waals surface area contributed by atoms with Crippen molar-refractivity contribution in [3.8, 4) is 5.69 Å². The van der Waals surface area contributed by atoms with Gasteiger partial charge >= 0.3 is 0 Å². The highest BCUT2D eigenvalue weighted by molar-refractivity contribution is 5.94. The Hall–Kier alpha value is -2.29. The van der Waals surface area contributed by atoms with Gasteiger partial charge in [0, 0.05) is 36.7 Å². The first kappa shape index (κ1) is 14.1. The molecule has 0 bridgehead atoms. The molecule has 0 fully saturated rings. The fourth-order valence-corrected chi connectivity index (χ4v) is 2.12. The van der Waals surface area contributed by atoms with Crippen LogP contribution in [0, 0.1) is 0 Å². The molecule has 0 spiro atoms. The van der Waals surface area contributed by atoms with Crippen molar-refractivity contribution in [3.63, 3.8) is 0 Å². The van der Waals surface area contributed by atoms with Crippen LogP contribution in [0.25, 0.3) is 5.69 Å². The molecule has 20 heavy (non-hydrogen) atoms. The van der Waals surface area contributed by atoms with Crippen LogP contribution in [0.15, 0.2) is 60.9 Å². The van der Waals surface area contributed by atoms with E-state index < -0.39 is 0 Å². The molecule has 1 aromatic carbocycles. The molecular weight excluding hydrogens is 248 g/mol. The fourth-order valence-electron chi connectivity index (χ4n) is 2.12. The van der Waals surface area contributed by atoms with Crippen LogP contribution in [0.5, 0.6) is 0 Å². The van der Waals surface area contributed by atoms with Crippen LogP contribution >= 0.6 is 0 Å². The molecule has 0 aliphatic heterocycles. The first-order valence-corrected chi connectivity index (χ1v) is 6.79. The molecule has 0 N–H and O–H groups in total. The van der Waals surface area contributed by atoms with E-state index in [-0.39, 0.29) is 5.91 Å². The van der Waals surface area contributed by atoms with Crippen molar-refractivity contribution < 1.29 is 4.79 Å². The molecule has 104 valence electrons. The lowest BCUT2D eigenvalue weighted by Gasteiger charge is -2.21.